The second-order valence-electron chi connectivity index (χ2n) is 8.71. The zero-order chi connectivity index (χ0) is 21.9. The Balaban J connectivity index is 1.22. The molecule has 2 aliphatic heterocycles. The molecule has 3 aromatic rings. The van der Waals surface area contributed by atoms with E-state index in [1.807, 2.05) is 18.3 Å². The third-order valence-electron chi connectivity index (χ3n) is 6.18. The summed E-state index contributed by atoms with van der Waals surface area (Å²) in [6, 6.07) is 17.3. The standard InChI is InChI=1S/C25H29N5O2/c1-17(31)28-22-9-11-30(16-22)15-18-2-3-20-13-23(6-4-19(20)12-18)32-25-7-5-21(14-26-25)24-8-10-27-29-24/h2-7,12-14,22,24,27,29H,8-11,15-16H2,1H3,(H,28,31)/t22-,24?/m1/s1. The topological polar surface area (TPSA) is 78.5 Å². The summed E-state index contributed by atoms with van der Waals surface area (Å²) in [5, 5.41) is 5.36. The number of amides is 1. The molecule has 3 N–H and O–H groups in total. The first-order valence-electron chi connectivity index (χ1n) is 11.3. The molecule has 32 heavy (non-hydrogen) atoms. The van der Waals surface area contributed by atoms with E-state index in [9.17, 15) is 4.79 Å². The highest BCUT2D eigenvalue weighted by atomic mass is 16.5. The van der Waals surface area contributed by atoms with Crippen LogP contribution in [0, 0.1) is 0 Å². The van der Waals surface area contributed by atoms with E-state index in [0.717, 1.165) is 55.7 Å². The van der Waals surface area contributed by atoms with Gasteiger partial charge in [-0.1, -0.05) is 24.3 Å². The average molecular weight is 432 g/mol. The first kappa shape index (κ1) is 20.9. The minimum Gasteiger partial charge on any atom is -0.439 e. The lowest BCUT2D eigenvalue weighted by atomic mass is 10.1. The number of aromatic nitrogens is 1. The summed E-state index contributed by atoms with van der Waals surface area (Å²) >= 11 is 0. The molecule has 1 aromatic heterocycles. The number of likely N-dealkylation sites (tertiary alicyclic amines) is 1. The first-order chi connectivity index (χ1) is 15.6. The van der Waals surface area contributed by atoms with Gasteiger partial charge >= 0.3 is 0 Å². The number of carbonyl (C=O) groups is 1. The molecule has 3 heterocycles. The van der Waals surface area contributed by atoms with Crippen molar-refractivity contribution in [3.8, 4) is 11.6 Å². The summed E-state index contributed by atoms with van der Waals surface area (Å²) in [6.07, 6.45) is 3.95. The van der Waals surface area contributed by atoms with E-state index in [1.165, 1.54) is 10.9 Å². The molecule has 2 aromatic carbocycles. The number of benzene rings is 2. The van der Waals surface area contributed by atoms with E-state index in [2.05, 4.69) is 62.5 Å². The van der Waals surface area contributed by atoms with Gasteiger partial charge < -0.3 is 10.1 Å². The monoisotopic (exact) mass is 431 g/mol. The van der Waals surface area contributed by atoms with Gasteiger partial charge in [0, 0.05) is 57.4 Å². The highest BCUT2D eigenvalue weighted by Gasteiger charge is 2.23. The largest absolute Gasteiger partial charge is 0.439 e. The van der Waals surface area contributed by atoms with Crippen LogP contribution in [-0.4, -0.2) is 41.5 Å². The molecule has 2 atom stereocenters. The van der Waals surface area contributed by atoms with E-state index in [-0.39, 0.29) is 11.9 Å². The summed E-state index contributed by atoms with van der Waals surface area (Å²) in [5.41, 5.74) is 8.84. The highest BCUT2D eigenvalue weighted by molar-refractivity contribution is 5.84. The predicted octanol–water partition coefficient (Wildman–Crippen LogP) is 3.28. The van der Waals surface area contributed by atoms with Crippen LogP contribution in [0.4, 0.5) is 0 Å². The Kier molecular flexibility index (Phi) is 6.03. The van der Waals surface area contributed by atoms with Gasteiger partial charge in [0.1, 0.15) is 5.75 Å². The fraction of sp³-hybridized carbons (Fsp3) is 0.360. The predicted molar refractivity (Wildman–Crippen MR) is 124 cm³/mol. The normalized spacial score (nSPS) is 21.2. The number of fused-ring (bicyclic) bond motifs is 1. The summed E-state index contributed by atoms with van der Waals surface area (Å²) in [7, 11) is 0. The van der Waals surface area contributed by atoms with Gasteiger partial charge in [0.05, 0.1) is 0 Å². The van der Waals surface area contributed by atoms with Gasteiger partial charge in [-0.2, -0.15) is 0 Å². The molecule has 2 aliphatic rings. The van der Waals surface area contributed by atoms with Crippen molar-refractivity contribution in [2.24, 2.45) is 0 Å². The van der Waals surface area contributed by atoms with Crippen molar-refractivity contribution in [2.75, 3.05) is 19.6 Å². The number of hydrogen-bond donors (Lipinski definition) is 3. The lowest BCUT2D eigenvalue weighted by Crippen LogP contribution is -2.35. The number of nitrogens with zero attached hydrogens (tertiary/aromatic N) is 2. The first-order valence-corrected chi connectivity index (χ1v) is 11.3. The zero-order valence-electron chi connectivity index (χ0n) is 18.3. The van der Waals surface area contributed by atoms with Crippen LogP contribution in [-0.2, 0) is 11.3 Å². The second kappa shape index (κ2) is 9.24. The third-order valence-corrected chi connectivity index (χ3v) is 6.18. The van der Waals surface area contributed by atoms with Crippen molar-refractivity contribution in [2.45, 2.75) is 38.4 Å². The minimum atomic E-state index is 0.0508. The lowest BCUT2D eigenvalue weighted by molar-refractivity contribution is -0.119. The fourth-order valence-electron chi connectivity index (χ4n) is 4.59. The highest BCUT2D eigenvalue weighted by Crippen LogP contribution is 2.27. The van der Waals surface area contributed by atoms with Crippen molar-refractivity contribution >= 4 is 16.7 Å². The molecule has 0 aliphatic carbocycles. The van der Waals surface area contributed by atoms with Crippen molar-refractivity contribution in [3.63, 3.8) is 0 Å². The molecule has 5 rings (SSSR count). The SMILES string of the molecule is CC(=O)N[C@@H]1CCN(Cc2ccc3cc(Oc4ccc(C5CCNN5)cn4)ccc3c2)C1. The molecular formula is C25H29N5O2. The Morgan fingerprint density at radius 1 is 1.16 bits per heavy atom. The van der Waals surface area contributed by atoms with Crippen LogP contribution in [0.15, 0.2) is 54.7 Å². The molecule has 2 saturated heterocycles. The van der Waals surface area contributed by atoms with Gasteiger partial charge in [-0.15, -0.1) is 0 Å². The number of pyridine rings is 1. The van der Waals surface area contributed by atoms with Crippen molar-refractivity contribution < 1.29 is 9.53 Å². The number of hydrazine groups is 1. The van der Waals surface area contributed by atoms with Crippen LogP contribution in [0.25, 0.3) is 10.8 Å². The quantitative estimate of drug-likeness (QED) is 0.556. The van der Waals surface area contributed by atoms with Crippen LogP contribution in [0.1, 0.15) is 36.9 Å². The summed E-state index contributed by atoms with van der Waals surface area (Å²) in [5.74, 6) is 1.43. The second-order valence-corrected chi connectivity index (χ2v) is 8.71. The molecule has 1 unspecified atom stereocenters. The molecule has 0 bridgehead atoms. The molecule has 7 heteroatoms. The molecule has 0 spiro atoms. The maximum atomic E-state index is 11.3. The zero-order valence-corrected chi connectivity index (χ0v) is 18.3. The van der Waals surface area contributed by atoms with Crippen LogP contribution >= 0.6 is 0 Å². The summed E-state index contributed by atoms with van der Waals surface area (Å²) < 4.78 is 6.00. The Morgan fingerprint density at radius 2 is 2.03 bits per heavy atom. The van der Waals surface area contributed by atoms with Crippen molar-refractivity contribution in [1.29, 1.82) is 0 Å². The van der Waals surface area contributed by atoms with Gasteiger partial charge in [0.25, 0.3) is 0 Å². The summed E-state index contributed by atoms with van der Waals surface area (Å²) in [4.78, 5) is 18.1. The van der Waals surface area contributed by atoms with Gasteiger partial charge in [-0.3, -0.25) is 20.5 Å². The maximum Gasteiger partial charge on any atom is 0.219 e. The van der Waals surface area contributed by atoms with E-state index >= 15 is 0 Å². The van der Waals surface area contributed by atoms with E-state index in [4.69, 9.17) is 4.74 Å². The van der Waals surface area contributed by atoms with Gasteiger partial charge in [0.2, 0.25) is 11.8 Å². The van der Waals surface area contributed by atoms with Crippen molar-refractivity contribution in [3.05, 3.63) is 65.9 Å². The molecule has 1 amide bonds. The smallest absolute Gasteiger partial charge is 0.219 e. The van der Waals surface area contributed by atoms with E-state index in [0.29, 0.717) is 11.9 Å². The third kappa shape index (κ3) is 4.91. The van der Waals surface area contributed by atoms with Crippen LogP contribution in [0.5, 0.6) is 11.6 Å². The van der Waals surface area contributed by atoms with Crippen LogP contribution in [0.3, 0.4) is 0 Å². The number of rotatable bonds is 6. The molecular weight excluding hydrogens is 402 g/mol. The number of carbonyl (C=O) groups excluding carboxylic acids is 1. The van der Waals surface area contributed by atoms with Gasteiger partial charge in [-0.25, -0.2) is 4.98 Å². The lowest BCUT2D eigenvalue weighted by Gasteiger charge is -2.17. The number of ether oxygens (including phenoxy) is 1. The van der Waals surface area contributed by atoms with E-state index < -0.39 is 0 Å². The van der Waals surface area contributed by atoms with Gasteiger partial charge in [0.15, 0.2) is 0 Å². The molecule has 7 nitrogen and oxygen atoms in total. The van der Waals surface area contributed by atoms with Crippen LogP contribution < -0.4 is 20.9 Å². The fourth-order valence-corrected chi connectivity index (χ4v) is 4.59. The van der Waals surface area contributed by atoms with E-state index in [1.54, 1.807) is 6.92 Å². The molecule has 2 fully saturated rings. The van der Waals surface area contributed by atoms with Gasteiger partial charge in [-0.05, 0) is 52.9 Å². The maximum absolute atomic E-state index is 11.3. The number of hydrogen-bond acceptors (Lipinski definition) is 6. The summed E-state index contributed by atoms with van der Waals surface area (Å²) in [6.45, 7) is 5.36. The minimum absolute atomic E-state index is 0.0508. The van der Waals surface area contributed by atoms with Crippen LogP contribution in [0.2, 0.25) is 0 Å². The molecule has 166 valence electrons. The Morgan fingerprint density at radius 3 is 2.81 bits per heavy atom. The number of nitrogens with one attached hydrogen (secondary N) is 3. The Bertz CT molecular complexity index is 1100. The Hall–Kier alpha value is -3.00. The van der Waals surface area contributed by atoms with Crippen molar-refractivity contribution in [1.82, 2.24) is 26.1 Å². The Labute approximate surface area is 188 Å². The molecule has 0 radical (unpaired) electrons. The average Bonchev–Trinajstić information content (AvgIpc) is 3.47. The molecule has 0 saturated carbocycles.